The van der Waals surface area contributed by atoms with Crippen molar-refractivity contribution in [2.24, 2.45) is 11.7 Å². The van der Waals surface area contributed by atoms with Crippen LogP contribution >= 0.6 is 0 Å². The van der Waals surface area contributed by atoms with Crippen LogP contribution in [0.1, 0.15) is 13.8 Å². The summed E-state index contributed by atoms with van der Waals surface area (Å²) in [5.74, 6) is -1.93. The number of aliphatic carboxylic acids is 1. The molecule has 0 heterocycles. The minimum atomic E-state index is -1.28. The second kappa shape index (κ2) is 5.56. The molecule has 0 spiro atoms. The summed E-state index contributed by atoms with van der Waals surface area (Å²) in [5, 5.41) is 19.3. The van der Waals surface area contributed by atoms with E-state index in [0.29, 0.717) is 0 Å². The summed E-state index contributed by atoms with van der Waals surface area (Å²) in [6, 6.07) is -2.05. The van der Waals surface area contributed by atoms with Gasteiger partial charge in [-0.3, -0.25) is 4.79 Å². The number of aliphatic hydroxyl groups is 1. The number of nitrogens with two attached hydrogens (primary N) is 1. The Kier molecular flexibility index (Phi) is 5.11. The van der Waals surface area contributed by atoms with Crippen LogP contribution in [0, 0.1) is 5.92 Å². The highest BCUT2D eigenvalue weighted by molar-refractivity contribution is 5.86. The van der Waals surface area contributed by atoms with Crippen LogP contribution in [0.3, 0.4) is 0 Å². The third kappa shape index (κ3) is 3.71. The predicted octanol–water partition coefficient (Wildman–Crippen LogP) is -1.47. The van der Waals surface area contributed by atoms with Crippen molar-refractivity contribution in [3.05, 3.63) is 0 Å². The summed E-state index contributed by atoms with van der Waals surface area (Å²) in [5.41, 5.74) is 5.48. The van der Waals surface area contributed by atoms with Crippen molar-refractivity contribution < 1.29 is 19.8 Å². The lowest BCUT2D eigenvalue weighted by atomic mass is 10.0. The standard InChI is InChI=1S/C8H16N2O4/c1-4(2)6(9)7(12)10-5(3-11)8(13)14/h4-6,11H,3,9H2,1-2H3,(H,10,12)(H,13,14)/t5-,6?/m0/s1. The van der Waals surface area contributed by atoms with Gasteiger partial charge in [0.1, 0.15) is 6.04 Å². The maximum Gasteiger partial charge on any atom is 0.328 e. The van der Waals surface area contributed by atoms with E-state index in [2.05, 4.69) is 5.32 Å². The summed E-state index contributed by atoms with van der Waals surface area (Å²) >= 11 is 0. The Bertz CT molecular complexity index is 217. The molecule has 6 heteroatoms. The van der Waals surface area contributed by atoms with E-state index in [9.17, 15) is 9.59 Å². The molecular weight excluding hydrogens is 188 g/mol. The fraction of sp³-hybridized carbons (Fsp3) is 0.750. The van der Waals surface area contributed by atoms with Gasteiger partial charge in [-0.1, -0.05) is 13.8 Å². The van der Waals surface area contributed by atoms with Crippen molar-refractivity contribution in [1.82, 2.24) is 5.32 Å². The predicted molar refractivity (Wildman–Crippen MR) is 49.5 cm³/mol. The molecule has 0 aliphatic carbocycles. The zero-order valence-electron chi connectivity index (χ0n) is 8.23. The Morgan fingerprint density at radius 3 is 2.21 bits per heavy atom. The topological polar surface area (TPSA) is 113 Å². The van der Waals surface area contributed by atoms with Crippen LogP contribution < -0.4 is 11.1 Å². The van der Waals surface area contributed by atoms with E-state index < -0.39 is 30.6 Å². The zero-order valence-corrected chi connectivity index (χ0v) is 8.23. The molecule has 5 N–H and O–H groups in total. The maximum absolute atomic E-state index is 11.2. The quantitative estimate of drug-likeness (QED) is 0.437. The molecule has 1 unspecified atom stereocenters. The normalized spacial score (nSPS) is 14.9. The molecule has 6 nitrogen and oxygen atoms in total. The number of carboxylic acid groups (broad SMARTS) is 1. The van der Waals surface area contributed by atoms with Crippen LogP contribution in [0.25, 0.3) is 0 Å². The molecule has 0 aromatic carbocycles. The Morgan fingerprint density at radius 1 is 1.43 bits per heavy atom. The third-order valence-electron chi connectivity index (χ3n) is 1.82. The highest BCUT2D eigenvalue weighted by atomic mass is 16.4. The molecule has 0 saturated heterocycles. The Balaban J connectivity index is 4.22. The fourth-order valence-electron chi connectivity index (χ4n) is 0.756. The molecular formula is C8H16N2O4. The second-order valence-electron chi connectivity index (χ2n) is 3.35. The summed E-state index contributed by atoms with van der Waals surface area (Å²) in [7, 11) is 0. The lowest BCUT2D eigenvalue weighted by Crippen LogP contribution is -2.51. The minimum absolute atomic E-state index is 0.0804. The lowest BCUT2D eigenvalue weighted by Gasteiger charge is -2.18. The second-order valence-corrected chi connectivity index (χ2v) is 3.35. The SMILES string of the molecule is CC(C)C(N)C(=O)N[C@@H](CO)C(=O)O. The first-order valence-corrected chi connectivity index (χ1v) is 4.29. The van der Waals surface area contributed by atoms with E-state index in [0.717, 1.165) is 0 Å². The Hall–Kier alpha value is -1.14. The third-order valence-corrected chi connectivity index (χ3v) is 1.82. The van der Waals surface area contributed by atoms with Gasteiger partial charge < -0.3 is 21.3 Å². The minimum Gasteiger partial charge on any atom is -0.480 e. The Morgan fingerprint density at radius 2 is 1.93 bits per heavy atom. The monoisotopic (exact) mass is 204 g/mol. The number of hydrogen-bond acceptors (Lipinski definition) is 4. The number of amides is 1. The van der Waals surface area contributed by atoms with E-state index in [1.807, 2.05) is 0 Å². The number of carboxylic acids is 1. The van der Waals surface area contributed by atoms with Gasteiger partial charge >= 0.3 is 5.97 Å². The average Bonchev–Trinajstić information content (AvgIpc) is 2.11. The van der Waals surface area contributed by atoms with Crippen molar-refractivity contribution in [3.63, 3.8) is 0 Å². The van der Waals surface area contributed by atoms with Gasteiger partial charge in [0.2, 0.25) is 5.91 Å². The Labute approximate surface area is 82.1 Å². The largest absolute Gasteiger partial charge is 0.480 e. The van der Waals surface area contributed by atoms with Crippen LogP contribution in [0.2, 0.25) is 0 Å². The molecule has 0 aliphatic rings. The number of hydrogen-bond donors (Lipinski definition) is 4. The van der Waals surface area contributed by atoms with Crippen LogP contribution in [-0.4, -0.2) is 40.8 Å². The van der Waals surface area contributed by atoms with Gasteiger partial charge in [-0.25, -0.2) is 4.79 Å². The van der Waals surface area contributed by atoms with Gasteiger partial charge in [0.15, 0.2) is 0 Å². The maximum atomic E-state index is 11.2. The zero-order chi connectivity index (χ0) is 11.3. The number of nitrogens with one attached hydrogen (secondary N) is 1. The van der Waals surface area contributed by atoms with Crippen molar-refractivity contribution in [2.45, 2.75) is 25.9 Å². The molecule has 2 atom stereocenters. The molecule has 0 radical (unpaired) electrons. The van der Waals surface area contributed by atoms with Crippen molar-refractivity contribution in [1.29, 1.82) is 0 Å². The fourth-order valence-corrected chi connectivity index (χ4v) is 0.756. The van der Waals surface area contributed by atoms with Gasteiger partial charge in [-0.2, -0.15) is 0 Å². The van der Waals surface area contributed by atoms with Gasteiger partial charge in [0.05, 0.1) is 12.6 Å². The van der Waals surface area contributed by atoms with Crippen molar-refractivity contribution in [3.8, 4) is 0 Å². The van der Waals surface area contributed by atoms with Gasteiger partial charge in [0, 0.05) is 0 Å². The molecule has 0 aliphatic heterocycles. The van der Waals surface area contributed by atoms with E-state index in [4.69, 9.17) is 15.9 Å². The van der Waals surface area contributed by atoms with Crippen LogP contribution in [-0.2, 0) is 9.59 Å². The van der Waals surface area contributed by atoms with E-state index in [-0.39, 0.29) is 5.92 Å². The highest BCUT2D eigenvalue weighted by Crippen LogP contribution is 1.98. The molecule has 0 saturated carbocycles. The molecule has 14 heavy (non-hydrogen) atoms. The summed E-state index contributed by atoms with van der Waals surface area (Å²) in [6.45, 7) is 2.85. The molecule has 0 aromatic heterocycles. The van der Waals surface area contributed by atoms with Gasteiger partial charge in [-0.15, -0.1) is 0 Å². The molecule has 82 valence electrons. The van der Waals surface area contributed by atoms with Gasteiger partial charge in [0.25, 0.3) is 0 Å². The summed E-state index contributed by atoms with van der Waals surface area (Å²) in [4.78, 5) is 21.7. The first-order valence-electron chi connectivity index (χ1n) is 4.29. The number of aliphatic hydroxyl groups excluding tert-OH is 1. The van der Waals surface area contributed by atoms with Crippen molar-refractivity contribution in [2.75, 3.05) is 6.61 Å². The van der Waals surface area contributed by atoms with E-state index in [1.165, 1.54) is 0 Å². The van der Waals surface area contributed by atoms with Crippen LogP contribution in [0.4, 0.5) is 0 Å². The molecule has 1 amide bonds. The smallest absolute Gasteiger partial charge is 0.328 e. The van der Waals surface area contributed by atoms with Crippen molar-refractivity contribution >= 4 is 11.9 Å². The number of carbonyl (C=O) groups is 2. The van der Waals surface area contributed by atoms with Crippen LogP contribution in [0.5, 0.6) is 0 Å². The average molecular weight is 204 g/mol. The molecule has 0 rings (SSSR count). The first-order chi connectivity index (χ1) is 6.40. The van der Waals surface area contributed by atoms with E-state index >= 15 is 0 Å². The number of rotatable bonds is 5. The van der Waals surface area contributed by atoms with E-state index in [1.54, 1.807) is 13.8 Å². The summed E-state index contributed by atoms with van der Waals surface area (Å²) < 4.78 is 0. The first kappa shape index (κ1) is 12.9. The van der Waals surface area contributed by atoms with Gasteiger partial charge in [-0.05, 0) is 5.92 Å². The highest BCUT2D eigenvalue weighted by Gasteiger charge is 2.23. The number of carbonyl (C=O) groups excluding carboxylic acids is 1. The summed E-state index contributed by atoms with van der Waals surface area (Å²) in [6.07, 6.45) is 0. The molecule has 0 fully saturated rings. The lowest BCUT2D eigenvalue weighted by molar-refractivity contribution is -0.143. The molecule has 0 bridgehead atoms. The molecule has 0 aromatic rings. The van der Waals surface area contributed by atoms with Crippen LogP contribution in [0.15, 0.2) is 0 Å².